The zero-order valence-electron chi connectivity index (χ0n) is 9.36. The van der Waals surface area contributed by atoms with Gasteiger partial charge in [0.05, 0.1) is 6.61 Å². The third kappa shape index (κ3) is 6.86. The minimum atomic E-state index is -1.10. The molecule has 0 fully saturated rings. The fourth-order valence-electron chi connectivity index (χ4n) is 0.855. The number of aliphatic hydroxyl groups excluding tert-OH is 1. The van der Waals surface area contributed by atoms with E-state index < -0.39 is 6.41 Å². The summed E-state index contributed by atoms with van der Waals surface area (Å²) < 4.78 is 5.05. The van der Waals surface area contributed by atoms with Crippen molar-refractivity contribution >= 4 is 5.84 Å². The Kier molecular flexibility index (Phi) is 7.42. The molecule has 0 aromatic rings. The molecule has 0 aliphatic rings. The number of aliphatic imine (C=N–C) groups is 1. The van der Waals surface area contributed by atoms with Crippen LogP contribution in [0.4, 0.5) is 0 Å². The number of unbranched alkanes of at least 4 members (excludes halogenated alkanes) is 2. The maximum atomic E-state index is 9.28. The summed E-state index contributed by atoms with van der Waals surface area (Å²) in [6, 6.07) is 0. The van der Waals surface area contributed by atoms with Crippen LogP contribution >= 0.6 is 0 Å². The number of hydrogen-bond donors (Lipinski definition) is 2. The van der Waals surface area contributed by atoms with Crippen molar-refractivity contribution in [3.05, 3.63) is 0 Å². The van der Waals surface area contributed by atoms with Crippen LogP contribution in [0.15, 0.2) is 4.99 Å². The quantitative estimate of drug-likeness (QED) is 0.284. The number of nitrogens with two attached hydrogens (primary N) is 1. The average Bonchev–Trinajstić information content (AvgIpc) is 2.12. The van der Waals surface area contributed by atoms with Crippen molar-refractivity contribution in [2.45, 2.75) is 46.4 Å². The number of nitrogens with zero attached hydrogens (tertiary/aromatic N) is 1. The molecule has 0 spiro atoms. The van der Waals surface area contributed by atoms with E-state index in [4.69, 9.17) is 10.5 Å². The zero-order chi connectivity index (χ0) is 11.0. The molecule has 0 aromatic carbocycles. The molecular weight excluding hydrogens is 180 g/mol. The molecule has 0 aromatic heterocycles. The fraction of sp³-hybridized carbons (Fsp3) is 0.900. The van der Waals surface area contributed by atoms with Crippen molar-refractivity contribution in [3.8, 4) is 0 Å². The first-order valence-corrected chi connectivity index (χ1v) is 5.20. The molecule has 0 heterocycles. The van der Waals surface area contributed by atoms with E-state index in [2.05, 4.69) is 11.9 Å². The van der Waals surface area contributed by atoms with Gasteiger partial charge < -0.3 is 15.6 Å². The van der Waals surface area contributed by atoms with E-state index in [1.54, 1.807) is 0 Å². The summed E-state index contributed by atoms with van der Waals surface area (Å²) in [6.45, 7) is 6.49. The molecule has 1 atom stereocenters. The molecule has 0 amide bonds. The van der Waals surface area contributed by atoms with Crippen molar-refractivity contribution < 1.29 is 9.84 Å². The lowest BCUT2D eigenvalue weighted by Gasteiger charge is -2.10. The van der Waals surface area contributed by atoms with Gasteiger partial charge in [0.25, 0.3) is 6.41 Å². The standard InChI is InChI=1S/C10H22N2O2/c1-4-5-6-7-14-10(13)12-9(11)8(2)3/h8,10,13H,4-7H2,1-3H3,(H2,11,12). The molecule has 0 bridgehead atoms. The van der Waals surface area contributed by atoms with E-state index in [-0.39, 0.29) is 5.92 Å². The van der Waals surface area contributed by atoms with Crippen LogP contribution in [0.25, 0.3) is 0 Å². The summed E-state index contributed by atoms with van der Waals surface area (Å²) >= 11 is 0. The minimum Gasteiger partial charge on any atom is -0.387 e. The van der Waals surface area contributed by atoms with Crippen LogP contribution in [-0.2, 0) is 4.74 Å². The van der Waals surface area contributed by atoms with Gasteiger partial charge in [-0.1, -0.05) is 33.6 Å². The van der Waals surface area contributed by atoms with Crippen LogP contribution in [-0.4, -0.2) is 24.0 Å². The van der Waals surface area contributed by atoms with Crippen LogP contribution < -0.4 is 5.73 Å². The van der Waals surface area contributed by atoms with Gasteiger partial charge in [0.15, 0.2) is 0 Å². The van der Waals surface area contributed by atoms with Crippen molar-refractivity contribution in [1.29, 1.82) is 0 Å². The Bertz CT molecular complexity index is 170. The van der Waals surface area contributed by atoms with Gasteiger partial charge >= 0.3 is 0 Å². The Morgan fingerprint density at radius 3 is 2.57 bits per heavy atom. The van der Waals surface area contributed by atoms with Crippen LogP contribution in [0, 0.1) is 5.92 Å². The molecule has 84 valence electrons. The Morgan fingerprint density at radius 2 is 2.07 bits per heavy atom. The normalized spacial score (nSPS) is 14.8. The van der Waals surface area contributed by atoms with Crippen molar-refractivity contribution in [2.24, 2.45) is 16.6 Å². The molecule has 0 radical (unpaired) electrons. The average molecular weight is 202 g/mol. The van der Waals surface area contributed by atoms with Crippen LogP contribution in [0.2, 0.25) is 0 Å². The first-order valence-electron chi connectivity index (χ1n) is 5.20. The van der Waals surface area contributed by atoms with Crippen molar-refractivity contribution in [2.75, 3.05) is 6.61 Å². The van der Waals surface area contributed by atoms with Gasteiger partial charge in [-0.25, -0.2) is 4.99 Å². The van der Waals surface area contributed by atoms with Crippen LogP contribution in [0.1, 0.15) is 40.0 Å². The van der Waals surface area contributed by atoms with E-state index in [1.807, 2.05) is 13.8 Å². The number of rotatable bonds is 7. The highest BCUT2D eigenvalue weighted by Gasteiger charge is 2.04. The SMILES string of the molecule is CCCCCOC(O)/N=C(/N)C(C)C. The third-order valence-corrected chi connectivity index (χ3v) is 1.87. The molecule has 3 N–H and O–H groups in total. The molecule has 14 heavy (non-hydrogen) atoms. The largest absolute Gasteiger partial charge is 0.387 e. The monoisotopic (exact) mass is 202 g/mol. The predicted octanol–water partition coefficient (Wildman–Crippen LogP) is 1.48. The third-order valence-electron chi connectivity index (χ3n) is 1.87. The number of hydrogen-bond acceptors (Lipinski definition) is 3. The minimum absolute atomic E-state index is 0.142. The Labute approximate surface area is 86.2 Å². The fourth-order valence-corrected chi connectivity index (χ4v) is 0.855. The molecule has 0 aliphatic heterocycles. The van der Waals surface area contributed by atoms with Crippen molar-refractivity contribution in [1.82, 2.24) is 0 Å². The van der Waals surface area contributed by atoms with E-state index in [1.165, 1.54) is 0 Å². The molecule has 4 heteroatoms. The highest BCUT2D eigenvalue weighted by atomic mass is 16.6. The topological polar surface area (TPSA) is 67.8 Å². The van der Waals surface area contributed by atoms with Gasteiger partial charge in [0.1, 0.15) is 5.84 Å². The highest BCUT2D eigenvalue weighted by Crippen LogP contribution is 1.99. The first kappa shape index (κ1) is 13.4. The number of aliphatic hydroxyl groups is 1. The van der Waals surface area contributed by atoms with Gasteiger partial charge in [0.2, 0.25) is 0 Å². The molecule has 0 rings (SSSR count). The van der Waals surface area contributed by atoms with Gasteiger partial charge in [-0.15, -0.1) is 0 Å². The maximum Gasteiger partial charge on any atom is 0.257 e. The van der Waals surface area contributed by atoms with Gasteiger partial charge in [-0.2, -0.15) is 0 Å². The highest BCUT2D eigenvalue weighted by molar-refractivity contribution is 5.82. The number of amidine groups is 1. The summed E-state index contributed by atoms with van der Waals surface area (Å²) in [7, 11) is 0. The number of ether oxygens (including phenoxy) is 1. The lowest BCUT2D eigenvalue weighted by Crippen LogP contribution is -2.23. The van der Waals surface area contributed by atoms with E-state index in [9.17, 15) is 5.11 Å². The lowest BCUT2D eigenvalue weighted by atomic mass is 10.2. The molecule has 0 saturated carbocycles. The second-order valence-electron chi connectivity index (χ2n) is 3.61. The second-order valence-corrected chi connectivity index (χ2v) is 3.61. The van der Waals surface area contributed by atoms with E-state index >= 15 is 0 Å². The van der Waals surface area contributed by atoms with E-state index in [0.29, 0.717) is 12.4 Å². The lowest BCUT2D eigenvalue weighted by molar-refractivity contribution is -0.0928. The second kappa shape index (κ2) is 7.76. The van der Waals surface area contributed by atoms with E-state index in [0.717, 1.165) is 19.3 Å². The van der Waals surface area contributed by atoms with Gasteiger partial charge in [-0.3, -0.25) is 0 Å². The molecule has 4 nitrogen and oxygen atoms in total. The zero-order valence-corrected chi connectivity index (χ0v) is 9.36. The molecular formula is C10H22N2O2. The summed E-state index contributed by atoms with van der Waals surface area (Å²) in [5.41, 5.74) is 5.56. The smallest absolute Gasteiger partial charge is 0.257 e. The predicted molar refractivity (Wildman–Crippen MR) is 57.9 cm³/mol. The van der Waals surface area contributed by atoms with Crippen LogP contribution in [0.3, 0.4) is 0 Å². The molecule has 0 saturated heterocycles. The summed E-state index contributed by atoms with van der Waals surface area (Å²) in [4.78, 5) is 3.80. The summed E-state index contributed by atoms with van der Waals surface area (Å²) in [6.07, 6.45) is 2.09. The van der Waals surface area contributed by atoms with Crippen LogP contribution in [0.5, 0.6) is 0 Å². The maximum absolute atomic E-state index is 9.28. The molecule has 0 aliphatic carbocycles. The molecule has 1 unspecified atom stereocenters. The van der Waals surface area contributed by atoms with Crippen molar-refractivity contribution in [3.63, 3.8) is 0 Å². The van der Waals surface area contributed by atoms with Gasteiger partial charge in [0, 0.05) is 5.92 Å². The first-order chi connectivity index (χ1) is 6.57. The Morgan fingerprint density at radius 1 is 1.43 bits per heavy atom. The Hall–Kier alpha value is -0.610. The summed E-state index contributed by atoms with van der Waals surface area (Å²) in [5.74, 6) is 0.567. The Balaban J connectivity index is 3.64. The van der Waals surface area contributed by atoms with Gasteiger partial charge in [-0.05, 0) is 6.42 Å². The summed E-state index contributed by atoms with van der Waals surface area (Å²) in [5, 5.41) is 9.28.